The van der Waals surface area contributed by atoms with Crippen LogP contribution in [0.25, 0.3) is 0 Å². The van der Waals surface area contributed by atoms with E-state index in [0.29, 0.717) is 10.2 Å². The van der Waals surface area contributed by atoms with Gasteiger partial charge >= 0.3 is 5.91 Å². The Hall–Kier alpha value is -2.12. The van der Waals surface area contributed by atoms with Crippen LogP contribution in [0, 0.1) is 17.7 Å². The zero-order valence-electron chi connectivity index (χ0n) is 9.78. The van der Waals surface area contributed by atoms with Gasteiger partial charge in [0, 0.05) is 16.0 Å². The van der Waals surface area contributed by atoms with E-state index in [0.717, 1.165) is 5.56 Å². The Morgan fingerprint density at radius 1 is 1.16 bits per heavy atom. The van der Waals surface area contributed by atoms with Gasteiger partial charge in [0.1, 0.15) is 5.82 Å². The molecule has 1 amide bonds. The summed E-state index contributed by atoms with van der Waals surface area (Å²) in [6.07, 6.45) is 0. The molecule has 0 spiro atoms. The maximum atomic E-state index is 13.0. The average Bonchev–Trinajstić information content (AvgIpc) is 2.42. The Bertz CT molecular complexity index is 659. The minimum Gasteiger partial charge on any atom is -0.314 e. The van der Waals surface area contributed by atoms with E-state index >= 15 is 0 Å². The molecule has 19 heavy (non-hydrogen) atoms. The number of hydrogen-bond donors (Lipinski definition) is 1. The Morgan fingerprint density at radius 3 is 2.63 bits per heavy atom. The van der Waals surface area contributed by atoms with E-state index in [1.165, 1.54) is 18.2 Å². The Labute approximate surface area is 118 Å². The lowest BCUT2D eigenvalue weighted by Crippen LogP contribution is -2.09. The van der Waals surface area contributed by atoms with Crippen molar-refractivity contribution in [3.63, 3.8) is 0 Å². The highest BCUT2D eigenvalue weighted by atomic mass is 79.9. The van der Waals surface area contributed by atoms with E-state index < -0.39 is 11.7 Å². The molecule has 2 aromatic rings. The van der Waals surface area contributed by atoms with Crippen LogP contribution in [0.1, 0.15) is 5.56 Å². The summed E-state index contributed by atoms with van der Waals surface area (Å²) in [5, 5.41) is 2.52. The maximum absolute atomic E-state index is 13.0. The second-order valence-electron chi connectivity index (χ2n) is 3.69. The highest BCUT2D eigenvalue weighted by Crippen LogP contribution is 2.22. The van der Waals surface area contributed by atoms with Crippen molar-refractivity contribution in [2.24, 2.45) is 0 Å². The zero-order chi connectivity index (χ0) is 13.7. The molecule has 0 saturated carbocycles. The van der Waals surface area contributed by atoms with Gasteiger partial charge in [0.2, 0.25) is 0 Å². The number of carbonyl (C=O) groups is 1. The quantitative estimate of drug-likeness (QED) is 0.800. The van der Waals surface area contributed by atoms with Crippen molar-refractivity contribution in [3.05, 3.63) is 64.4 Å². The van der Waals surface area contributed by atoms with Crippen LogP contribution in [0.4, 0.5) is 10.1 Å². The van der Waals surface area contributed by atoms with Crippen LogP contribution >= 0.6 is 15.9 Å². The second-order valence-corrected chi connectivity index (χ2v) is 4.55. The molecule has 0 saturated heterocycles. The molecule has 0 aliphatic rings. The molecule has 2 aromatic carbocycles. The zero-order valence-corrected chi connectivity index (χ0v) is 11.4. The molecule has 4 heteroatoms. The Balaban J connectivity index is 2.10. The molecule has 2 nitrogen and oxygen atoms in total. The van der Waals surface area contributed by atoms with Crippen molar-refractivity contribution in [1.29, 1.82) is 0 Å². The molecule has 0 aliphatic heterocycles. The van der Waals surface area contributed by atoms with Gasteiger partial charge in [0.15, 0.2) is 0 Å². The summed E-state index contributed by atoms with van der Waals surface area (Å²) in [5.74, 6) is 4.27. The third-order valence-electron chi connectivity index (χ3n) is 2.27. The number of hydrogen-bond acceptors (Lipinski definition) is 1. The first kappa shape index (κ1) is 13.3. The third kappa shape index (κ3) is 3.94. The average molecular weight is 318 g/mol. The summed E-state index contributed by atoms with van der Waals surface area (Å²) < 4.78 is 13.6. The number of halogens is 2. The third-order valence-corrected chi connectivity index (χ3v) is 2.96. The van der Waals surface area contributed by atoms with E-state index in [2.05, 4.69) is 33.1 Å². The lowest BCUT2D eigenvalue weighted by molar-refractivity contribution is -0.111. The van der Waals surface area contributed by atoms with E-state index in [9.17, 15) is 9.18 Å². The Kier molecular flexibility index (Phi) is 4.32. The lowest BCUT2D eigenvalue weighted by Gasteiger charge is -2.03. The van der Waals surface area contributed by atoms with Crippen LogP contribution in [-0.4, -0.2) is 5.91 Å². The molecule has 0 radical (unpaired) electrons. The van der Waals surface area contributed by atoms with Gasteiger partial charge in [-0.05, 0) is 46.3 Å². The van der Waals surface area contributed by atoms with Crippen molar-refractivity contribution in [3.8, 4) is 11.8 Å². The van der Waals surface area contributed by atoms with E-state index in [1.807, 2.05) is 18.2 Å². The molecule has 0 aromatic heterocycles. The fourth-order valence-corrected chi connectivity index (χ4v) is 1.74. The van der Waals surface area contributed by atoms with Gasteiger partial charge in [-0.15, -0.1) is 0 Å². The number of rotatable bonds is 1. The standard InChI is InChI=1S/C15H9BrFNO/c16-13-8-7-12(17)10-14(13)18-15(19)9-6-11-4-2-1-3-5-11/h1-5,7-8,10H,(H,18,19). The summed E-state index contributed by atoms with van der Waals surface area (Å²) in [6, 6.07) is 13.2. The SMILES string of the molecule is O=C(C#Cc1ccccc1)Nc1cc(F)ccc1Br. The van der Waals surface area contributed by atoms with Crippen LogP contribution in [0.2, 0.25) is 0 Å². The lowest BCUT2D eigenvalue weighted by atomic mass is 10.2. The number of benzene rings is 2. The Morgan fingerprint density at radius 2 is 1.89 bits per heavy atom. The molecule has 0 unspecified atom stereocenters. The molecule has 0 aliphatic carbocycles. The molecule has 0 fully saturated rings. The second kappa shape index (κ2) is 6.17. The van der Waals surface area contributed by atoms with Crippen LogP contribution in [0.5, 0.6) is 0 Å². The largest absolute Gasteiger partial charge is 0.314 e. The van der Waals surface area contributed by atoms with Crippen molar-refractivity contribution in [2.45, 2.75) is 0 Å². The smallest absolute Gasteiger partial charge is 0.300 e. The molecular formula is C15H9BrFNO. The van der Waals surface area contributed by atoms with E-state index in [-0.39, 0.29) is 0 Å². The predicted molar refractivity (Wildman–Crippen MR) is 76.0 cm³/mol. The predicted octanol–water partition coefficient (Wildman–Crippen LogP) is 3.58. The monoisotopic (exact) mass is 317 g/mol. The molecule has 0 heterocycles. The summed E-state index contributed by atoms with van der Waals surface area (Å²) in [6.45, 7) is 0. The van der Waals surface area contributed by atoms with Crippen molar-refractivity contribution in [1.82, 2.24) is 0 Å². The van der Waals surface area contributed by atoms with Crippen LogP contribution in [0.15, 0.2) is 53.0 Å². The van der Waals surface area contributed by atoms with Crippen LogP contribution < -0.4 is 5.32 Å². The summed E-state index contributed by atoms with van der Waals surface area (Å²) in [4.78, 5) is 11.6. The topological polar surface area (TPSA) is 29.1 Å². The van der Waals surface area contributed by atoms with Crippen molar-refractivity contribution < 1.29 is 9.18 Å². The molecule has 1 N–H and O–H groups in total. The summed E-state index contributed by atoms with van der Waals surface area (Å²) >= 11 is 3.23. The van der Waals surface area contributed by atoms with Gasteiger partial charge in [0.25, 0.3) is 0 Å². The molecule has 94 valence electrons. The van der Waals surface area contributed by atoms with Gasteiger partial charge in [-0.3, -0.25) is 4.79 Å². The van der Waals surface area contributed by atoms with Crippen molar-refractivity contribution >= 4 is 27.5 Å². The molecule has 0 bridgehead atoms. The normalized spacial score (nSPS) is 9.37. The van der Waals surface area contributed by atoms with Gasteiger partial charge < -0.3 is 5.32 Å². The van der Waals surface area contributed by atoms with Crippen LogP contribution in [0.3, 0.4) is 0 Å². The number of carbonyl (C=O) groups excluding carboxylic acids is 1. The van der Waals surface area contributed by atoms with Gasteiger partial charge in [-0.2, -0.15) is 0 Å². The fraction of sp³-hybridized carbons (Fsp3) is 0. The first-order chi connectivity index (χ1) is 9.15. The van der Waals surface area contributed by atoms with E-state index in [4.69, 9.17) is 0 Å². The van der Waals surface area contributed by atoms with Gasteiger partial charge in [-0.1, -0.05) is 24.1 Å². The van der Waals surface area contributed by atoms with Crippen LogP contribution in [-0.2, 0) is 4.79 Å². The number of anilines is 1. The van der Waals surface area contributed by atoms with Gasteiger partial charge in [-0.25, -0.2) is 4.39 Å². The minimum absolute atomic E-state index is 0.354. The summed E-state index contributed by atoms with van der Waals surface area (Å²) in [5.41, 5.74) is 1.10. The minimum atomic E-state index is -0.491. The molecule has 2 rings (SSSR count). The van der Waals surface area contributed by atoms with E-state index in [1.54, 1.807) is 12.1 Å². The highest BCUT2D eigenvalue weighted by molar-refractivity contribution is 9.10. The molecule has 0 atom stereocenters. The summed E-state index contributed by atoms with van der Waals surface area (Å²) in [7, 11) is 0. The number of amides is 1. The molecular weight excluding hydrogens is 309 g/mol. The number of nitrogens with one attached hydrogen (secondary N) is 1. The maximum Gasteiger partial charge on any atom is 0.300 e. The van der Waals surface area contributed by atoms with Gasteiger partial charge in [0.05, 0.1) is 5.69 Å². The highest BCUT2D eigenvalue weighted by Gasteiger charge is 2.04. The fourth-order valence-electron chi connectivity index (χ4n) is 1.40. The van der Waals surface area contributed by atoms with Crippen molar-refractivity contribution in [2.75, 3.05) is 5.32 Å². The first-order valence-corrected chi connectivity index (χ1v) is 6.27. The first-order valence-electron chi connectivity index (χ1n) is 5.48.